The van der Waals surface area contributed by atoms with E-state index in [0.717, 1.165) is 5.69 Å². The van der Waals surface area contributed by atoms with Crippen molar-refractivity contribution in [3.05, 3.63) is 41.7 Å². The number of anilines is 2. The quantitative estimate of drug-likeness (QED) is 0.638. The Balaban J connectivity index is 1.37. The summed E-state index contributed by atoms with van der Waals surface area (Å²) in [6.45, 7) is 7.08. The summed E-state index contributed by atoms with van der Waals surface area (Å²) >= 11 is 10.5. The van der Waals surface area contributed by atoms with E-state index in [4.69, 9.17) is 29.2 Å². The van der Waals surface area contributed by atoms with Gasteiger partial charge in [0.1, 0.15) is 16.9 Å². The highest BCUT2D eigenvalue weighted by atomic mass is 32.1. The first-order chi connectivity index (χ1) is 15.3. The number of amides is 1. The number of imidazole rings is 1. The first-order valence-corrected chi connectivity index (χ1v) is 11.2. The molecule has 0 radical (unpaired) electrons. The number of aromatic nitrogens is 2. The third-order valence-electron chi connectivity index (χ3n) is 5.51. The number of benzene rings is 1. The third-order valence-corrected chi connectivity index (χ3v) is 6.10. The van der Waals surface area contributed by atoms with Crippen molar-refractivity contribution in [2.45, 2.75) is 20.0 Å². The molecule has 32 heavy (non-hydrogen) atoms. The molecule has 4 rings (SSSR count). The topological polar surface area (TPSA) is 76.7 Å². The van der Waals surface area contributed by atoms with Crippen LogP contribution in [0.3, 0.4) is 0 Å². The predicted octanol–water partition coefficient (Wildman–Crippen LogP) is 2.62. The Hall–Kier alpha value is -2.79. The molecular formula is C21H25FN6O2S2. The number of aryl methyl sites for hydroxylation is 1. The fraction of sp³-hybridized carbons (Fsp3) is 0.429. The number of piperazine rings is 1. The van der Waals surface area contributed by atoms with Crippen LogP contribution in [0.1, 0.15) is 18.4 Å². The van der Waals surface area contributed by atoms with E-state index in [1.807, 2.05) is 11.8 Å². The Bertz CT molecular complexity index is 1040. The van der Waals surface area contributed by atoms with Crippen molar-refractivity contribution in [2.24, 2.45) is 0 Å². The Morgan fingerprint density at radius 2 is 2.06 bits per heavy atom. The monoisotopic (exact) mass is 476 g/mol. The Labute approximate surface area is 196 Å². The number of thiocarbonyl (C=S) groups is 2. The third kappa shape index (κ3) is 4.83. The number of ether oxygens (including phenoxy) is 1. The molecule has 1 aromatic heterocycles. The van der Waals surface area contributed by atoms with E-state index in [0.29, 0.717) is 66.4 Å². The number of halogens is 1. The number of carbonyl (C=O) groups excluding carboxylic acids is 1. The molecule has 2 fully saturated rings. The minimum Gasteiger partial charge on any atom is -0.442 e. The van der Waals surface area contributed by atoms with Crippen molar-refractivity contribution in [1.82, 2.24) is 20.2 Å². The normalized spacial score (nSPS) is 18.7. The minimum absolute atomic E-state index is 0.335. The second-order valence-corrected chi connectivity index (χ2v) is 8.88. The summed E-state index contributed by atoms with van der Waals surface area (Å²) in [7, 11) is 0. The average Bonchev–Trinajstić information content (AvgIpc) is 3.37. The Kier molecular flexibility index (Phi) is 6.56. The predicted molar refractivity (Wildman–Crippen MR) is 129 cm³/mol. The number of hydrogen-bond donors (Lipinski definition) is 2. The summed E-state index contributed by atoms with van der Waals surface area (Å²) in [6, 6.07) is 4.86. The van der Waals surface area contributed by atoms with Gasteiger partial charge in [0.2, 0.25) is 0 Å². The van der Waals surface area contributed by atoms with Gasteiger partial charge in [0.15, 0.2) is 5.82 Å². The van der Waals surface area contributed by atoms with Crippen LogP contribution in [0.4, 0.5) is 20.6 Å². The Morgan fingerprint density at radius 1 is 1.31 bits per heavy atom. The lowest BCUT2D eigenvalue weighted by molar-refractivity contribution is 0.143. The van der Waals surface area contributed by atoms with E-state index in [1.165, 1.54) is 11.0 Å². The molecule has 0 bridgehead atoms. The maximum atomic E-state index is 15.0. The SMILES string of the molecule is CC(=S)NC[C@H]1CN(c2ccc(N3CCN(C(=S)c4ncc(C)[nH]4)CC3)c(F)c2)C(=O)O1. The zero-order valence-corrected chi connectivity index (χ0v) is 19.6. The van der Waals surface area contributed by atoms with Crippen LogP contribution in [-0.2, 0) is 4.74 Å². The van der Waals surface area contributed by atoms with Crippen LogP contribution in [0.5, 0.6) is 0 Å². The summed E-state index contributed by atoms with van der Waals surface area (Å²) in [5.74, 6) is 0.317. The van der Waals surface area contributed by atoms with Crippen LogP contribution in [0, 0.1) is 12.7 Å². The lowest BCUT2D eigenvalue weighted by Gasteiger charge is -2.37. The summed E-state index contributed by atoms with van der Waals surface area (Å²) in [4.78, 5) is 26.5. The number of nitrogens with zero attached hydrogens (tertiary/aromatic N) is 4. The zero-order chi connectivity index (χ0) is 22.8. The largest absolute Gasteiger partial charge is 0.442 e. The van der Waals surface area contributed by atoms with Gasteiger partial charge in [-0.2, -0.15) is 0 Å². The zero-order valence-electron chi connectivity index (χ0n) is 17.9. The number of nitrogens with one attached hydrogen (secondary N) is 2. The number of aromatic amines is 1. The van der Waals surface area contributed by atoms with Gasteiger partial charge >= 0.3 is 6.09 Å². The van der Waals surface area contributed by atoms with Gasteiger partial charge in [-0.25, -0.2) is 14.2 Å². The van der Waals surface area contributed by atoms with Crippen LogP contribution in [0.15, 0.2) is 24.4 Å². The van der Waals surface area contributed by atoms with E-state index < -0.39 is 6.09 Å². The molecule has 1 atom stereocenters. The molecule has 2 saturated heterocycles. The van der Waals surface area contributed by atoms with Crippen LogP contribution in [0.2, 0.25) is 0 Å². The van der Waals surface area contributed by atoms with Crippen LogP contribution in [0.25, 0.3) is 0 Å². The molecule has 2 aliphatic heterocycles. The summed E-state index contributed by atoms with van der Waals surface area (Å²) in [5, 5.41) is 2.99. The van der Waals surface area contributed by atoms with E-state index in [9.17, 15) is 9.18 Å². The maximum Gasteiger partial charge on any atom is 0.414 e. The molecule has 2 N–H and O–H groups in total. The first-order valence-electron chi connectivity index (χ1n) is 10.4. The smallest absolute Gasteiger partial charge is 0.414 e. The van der Waals surface area contributed by atoms with Crippen LogP contribution < -0.4 is 15.1 Å². The average molecular weight is 477 g/mol. The molecule has 11 heteroatoms. The van der Waals surface area contributed by atoms with E-state index in [1.54, 1.807) is 25.3 Å². The molecule has 170 valence electrons. The van der Waals surface area contributed by atoms with Crippen LogP contribution in [-0.4, -0.2) is 76.3 Å². The highest BCUT2D eigenvalue weighted by molar-refractivity contribution is 7.80. The van der Waals surface area contributed by atoms with E-state index in [-0.39, 0.29) is 11.9 Å². The van der Waals surface area contributed by atoms with E-state index >= 15 is 0 Å². The number of hydrogen-bond acceptors (Lipinski definition) is 6. The molecule has 3 heterocycles. The lowest BCUT2D eigenvalue weighted by atomic mass is 10.2. The van der Waals surface area contributed by atoms with Gasteiger partial charge in [-0.05, 0) is 32.0 Å². The summed E-state index contributed by atoms with van der Waals surface area (Å²) < 4.78 is 20.3. The standard InChI is InChI=1S/C21H25FN6O2S2/c1-13-10-24-19(25-13)20(32)27-7-5-26(6-8-27)18-4-3-15(9-17(18)22)28-12-16(30-21(28)29)11-23-14(2)31/h3-4,9-10,16H,5-8,11-12H2,1-2H3,(H,23,31)(H,24,25)/t16-/m0/s1. The molecule has 0 aliphatic carbocycles. The maximum absolute atomic E-state index is 15.0. The van der Waals surface area contributed by atoms with Crippen molar-refractivity contribution >= 4 is 51.9 Å². The molecule has 0 saturated carbocycles. The summed E-state index contributed by atoms with van der Waals surface area (Å²) in [6.07, 6.45) is 0.932. The molecule has 0 spiro atoms. The van der Waals surface area contributed by atoms with Crippen molar-refractivity contribution in [3.63, 3.8) is 0 Å². The minimum atomic E-state index is -0.485. The second-order valence-electron chi connectivity index (χ2n) is 7.88. The van der Waals surface area contributed by atoms with Crippen molar-refractivity contribution < 1.29 is 13.9 Å². The highest BCUT2D eigenvalue weighted by Gasteiger charge is 2.33. The van der Waals surface area contributed by atoms with Gasteiger partial charge in [-0.3, -0.25) is 4.90 Å². The molecular weight excluding hydrogens is 451 g/mol. The van der Waals surface area contributed by atoms with Gasteiger partial charge in [-0.1, -0.05) is 24.4 Å². The fourth-order valence-corrected chi connectivity index (χ4v) is 4.21. The van der Waals surface area contributed by atoms with Crippen molar-refractivity contribution in [1.29, 1.82) is 0 Å². The molecule has 8 nitrogen and oxygen atoms in total. The van der Waals surface area contributed by atoms with Gasteiger partial charge in [0.25, 0.3) is 0 Å². The molecule has 0 unspecified atom stereocenters. The molecule has 1 amide bonds. The summed E-state index contributed by atoms with van der Waals surface area (Å²) in [5.41, 5.74) is 1.95. The number of H-pyrrole nitrogens is 1. The molecule has 1 aromatic carbocycles. The highest BCUT2D eigenvalue weighted by Crippen LogP contribution is 2.28. The van der Waals surface area contributed by atoms with E-state index in [2.05, 4.69) is 20.2 Å². The Morgan fingerprint density at radius 3 is 2.69 bits per heavy atom. The fourth-order valence-electron chi connectivity index (χ4n) is 3.84. The van der Waals surface area contributed by atoms with Gasteiger partial charge in [-0.15, -0.1) is 0 Å². The van der Waals surface area contributed by atoms with Gasteiger partial charge < -0.3 is 24.8 Å². The first kappa shape index (κ1) is 22.4. The van der Waals surface area contributed by atoms with Gasteiger partial charge in [0, 0.05) is 38.1 Å². The van der Waals surface area contributed by atoms with Crippen molar-refractivity contribution in [2.75, 3.05) is 49.1 Å². The number of rotatable bonds is 5. The van der Waals surface area contributed by atoms with Crippen molar-refractivity contribution in [3.8, 4) is 0 Å². The molecule has 2 aliphatic rings. The van der Waals surface area contributed by atoms with Gasteiger partial charge in [0.05, 0.1) is 29.5 Å². The second kappa shape index (κ2) is 9.37. The molecule has 2 aromatic rings. The van der Waals surface area contributed by atoms with Crippen LogP contribution >= 0.6 is 24.4 Å². The number of carbonyl (C=O) groups is 1. The number of cyclic esters (lactones) is 1. The lowest BCUT2D eigenvalue weighted by Crippen LogP contribution is -2.49.